The van der Waals surface area contributed by atoms with Crippen molar-refractivity contribution in [3.8, 4) is 0 Å². The second-order valence-corrected chi connectivity index (χ2v) is 5.69. The average molecular weight is 238 g/mol. The van der Waals surface area contributed by atoms with E-state index in [1.165, 1.54) is 25.7 Å². The summed E-state index contributed by atoms with van der Waals surface area (Å²) < 4.78 is 0. The molecule has 3 nitrogen and oxygen atoms in total. The van der Waals surface area contributed by atoms with Gasteiger partial charge in [0.2, 0.25) is 5.91 Å². The number of fused-ring (bicyclic) bond motifs is 2. The minimum Gasteiger partial charge on any atom is -0.352 e. The first kappa shape index (κ1) is 12.9. The van der Waals surface area contributed by atoms with Gasteiger partial charge in [-0.25, -0.2) is 0 Å². The second-order valence-electron chi connectivity index (χ2n) is 5.69. The molecule has 2 fully saturated rings. The van der Waals surface area contributed by atoms with Gasteiger partial charge in [0, 0.05) is 6.04 Å². The summed E-state index contributed by atoms with van der Waals surface area (Å²) in [4.78, 5) is 14.4. The Bertz CT molecular complexity index is 275. The van der Waals surface area contributed by atoms with E-state index in [1.54, 1.807) is 0 Å². The summed E-state index contributed by atoms with van der Waals surface area (Å²) in [5.41, 5.74) is 0. The molecule has 0 aromatic heterocycles. The quantitative estimate of drug-likeness (QED) is 0.795. The van der Waals surface area contributed by atoms with E-state index in [1.807, 2.05) is 6.92 Å². The minimum atomic E-state index is 0.0177. The predicted molar refractivity (Wildman–Crippen MR) is 69.8 cm³/mol. The van der Waals surface area contributed by atoms with Crippen LogP contribution in [0.5, 0.6) is 0 Å². The van der Waals surface area contributed by atoms with Gasteiger partial charge in [-0.15, -0.1) is 0 Å². The highest BCUT2D eigenvalue weighted by atomic mass is 16.2. The summed E-state index contributed by atoms with van der Waals surface area (Å²) in [6.07, 6.45) is 5.30. The lowest BCUT2D eigenvalue weighted by Crippen LogP contribution is -2.49. The highest BCUT2D eigenvalue weighted by molar-refractivity contribution is 5.81. The maximum Gasteiger partial charge on any atom is 0.237 e. The fourth-order valence-electron chi connectivity index (χ4n) is 3.66. The molecule has 0 saturated heterocycles. The van der Waals surface area contributed by atoms with Gasteiger partial charge in [-0.05, 0) is 51.1 Å². The number of carbonyl (C=O) groups is 1. The summed E-state index contributed by atoms with van der Waals surface area (Å²) in [7, 11) is 0. The Morgan fingerprint density at radius 2 is 2.00 bits per heavy atom. The third-order valence-corrected chi connectivity index (χ3v) is 4.81. The maximum atomic E-state index is 12.2. The summed E-state index contributed by atoms with van der Waals surface area (Å²) in [6.45, 7) is 8.15. The maximum absolute atomic E-state index is 12.2. The molecule has 0 spiro atoms. The molecule has 1 N–H and O–H groups in total. The van der Waals surface area contributed by atoms with Crippen molar-refractivity contribution in [1.29, 1.82) is 0 Å². The van der Waals surface area contributed by atoms with Crippen LogP contribution in [0.4, 0.5) is 0 Å². The van der Waals surface area contributed by atoms with Crippen LogP contribution in [-0.2, 0) is 4.79 Å². The summed E-state index contributed by atoms with van der Waals surface area (Å²) >= 11 is 0. The molecular formula is C14H26N2O. The number of nitrogens with zero attached hydrogens (tertiary/aromatic N) is 1. The molecule has 3 heteroatoms. The van der Waals surface area contributed by atoms with Crippen LogP contribution in [0.1, 0.15) is 46.5 Å². The van der Waals surface area contributed by atoms with Crippen molar-refractivity contribution in [3.05, 3.63) is 0 Å². The SMILES string of the molecule is CCN(CC)C(C)C(=O)NC1CC2CCC1C2. The third kappa shape index (κ3) is 2.65. The fraction of sp³-hybridized carbons (Fsp3) is 0.929. The van der Waals surface area contributed by atoms with Gasteiger partial charge >= 0.3 is 0 Å². The fourth-order valence-corrected chi connectivity index (χ4v) is 3.66. The molecule has 0 aromatic carbocycles. The van der Waals surface area contributed by atoms with Gasteiger partial charge in [0.1, 0.15) is 0 Å². The van der Waals surface area contributed by atoms with Gasteiger partial charge in [0.05, 0.1) is 6.04 Å². The molecule has 2 aliphatic rings. The van der Waals surface area contributed by atoms with Crippen LogP contribution in [0.3, 0.4) is 0 Å². The smallest absolute Gasteiger partial charge is 0.237 e. The lowest BCUT2D eigenvalue weighted by Gasteiger charge is -2.29. The molecule has 0 aromatic rings. The first-order valence-electron chi connectivity index (χ1n) is 7.20. The Kier molecular flexibility index (Phi) is 4.08. The molecule has 2 bridgehead atoms. The van der Waals surface area contributed by atoms with Crippen LogP contribution in [0.2, 0.25) is 0 Å². The van der Waals surface area contributed by atoms with Crippen molar-refractivity contribution in [2.45, 2.75) is 58.5 Å². The zero-order valence-electron chi connectivity index (χ0n) is 11.4. The predicted octanol–water partition coefficient (Wildman–Crippen LogP) is 2.02. The molecule has 98 valence electrons. The number of nitrogens with one attached hydrogen (secondary N) is 1. The van der Waals surface area contributed by atoms with E-state index >= 15 is 0 Å². The van der Waals surface area contributed by atoms with E-state index < -0.39 is 0 Å². The van der Waals surface area contributed by atoms with Gasteiger partial charge in [0.25, 0.3) is 0 Å². The summed E-state index contributed by atoms with van der Waals surface area (Å²) in [5.74, 6) is 1.90. The zero-order chi connectivity index (χ0) is 12.4. The molecule has 0 heterocycles. The number of hydrogen-bond acceptors (Lipinski definition) is 2. The zero-order valence-corrected chi connectivity index (χ0v) is 11.4. The van der Waals surface area contributed by atoms with Crippen LogP contribution in [-0.4, -0.2) is 36.0 Å². The number of likely N-dealkylation sites (N-methyl/N-ethyl adjacent to an activating group) is 1. The normalized spacial score (nSPS) is 33.1. The second kappa shape index (κ2) is 5.38. The first-order chi connectivity index (χ1) is 8.15. The molecule has 4 atom stereocenters. The number of amides is 1. The molecular weight excluding hydrogens is 212 g/mol. The molecule has 2 saturated carbocycles. The number of rotatable bonds is 5. The Labute approximate surface area is 105 Å². The molecule has 4 unspecified atom stereocenters. The Balaban J connectivity index is 1.84. The lowest BCUT2D eigenvalue weighted by atomic mass is 9.95. The Morgan fingerprint density at radius 3 is 2.47 bits per heavy atom. The largest absolute Gasteiger partial charge is 0.352 e. The van der Waals surface area contributed by atoms with Crippen molar-refractivity contribution in [2.24, 2.45) is 11.8 Å². The van der Waals surface area contributed by atoms with E-state index in [0.717, 1.165) is 24.9 Å². The lowest BCUT2D eigenvalue weighted by molar-refractivity contribution is -0.126. The minimum absolute atomic E-state index is 0.0177. The van der Waals surface area contributed by atoms with Gasteiger partial charge < -0.3 is 5.32 Å². The molecule has 0 aliphatic heterocycles. The van der Waals surface area contributed by atoms with Crippen LogP contribution in [0.15, 0.2) is 0 Å². The monoisotopic (exact) mass is 238 g/mol. The number of hydrogen-bond donors (Lipinski definition) is 1. The van der Waals surface area contributed by atoms with Crippen molar-refractivity contribution in [1.82, 2.24) is 10.2 Å². The summed E-state index contributed by atoms with van der Waals surface area (Å²) in [6, 6.07) is 0.489. The van der Waals surface area contributed by atoms with E-state index in [4.69, 9.17) is 0 Å². The van der Waals surface area contributed by atoms with Gasteiger partial charge in [-0.2, -0.15) is 0 Å². The van der Waals surface area contributed by atoms with E-state index in [-0.39, 0.29) is 11.9 Å². The highest BCUT2D eigenvalue weighted by Gasteiger charge is 2.40. The average Bonchev–Trinajstić information content (AvgIpc) is 2.92. The summed E-state index contributed by atoms with van der Waals surface area (Å²) in [5, 5.41) is 3.28. The van der Waals surface area contributed by atoms with Crippen LogP contribution >= 0.6 is 0 Å². The van der Waals surface area contributed by atoms with E-state index in [0.29, 0.717) is 6.04 Å². The van der Waals surface area contributed by atoms with Crippen LogP contribution in [0, 0.1) is 11.8 Å². The Morgan fingerprint density at radius 1 is 1.29 bits per heavy atom. The number of carbonyl (C=O) groups excluding carboxylic acids is 1. The first-order valence-corrected chi connectivity index (χ1v) is 7.20. The standard InChI is InChI=1S/C14H26N2O/c1-4-16(5-2)10(3)14(17)15-13-9-11-6-7-12(13)8-11/h10-13H,4-9H2,1-3H3,(H,15,17). The highest BCUT2D eigenvalue weighted by Crippen LogP contribution is 2.44. The topological polar surface area (TPSA) is 32.3 Å². The molecule has 17 heavy (non-hydrogen) atoms. The molecule has 1 amide bonds. The molecule has 2 rings (SSSR count). The van der Waals surface area contributed by atoms with E-state index in [9.17, 15) is 4.79 Å². The van der Waals surface area contributed by atoms with Crippen molar-refractivity contribution < 1.29 is 4.79 Å². The Hall–Kier alpha value is -0.570. The molecule has 0 radical (unpaired) electrons. The van der Waals surface area contributed by atoms with Gasteiger partial charge in [-0.3, -0.25) is 9.69 Å². The van der Waals surface area contributed by atoms with Gasteiger partial charge in [0.15, 0.2) is 0 Å². The van der Waals surface area contributed by atoms with E-state index in [2.05, 4.69) is 24.1 Å². The van der Waals surface area contributed by atoms with Gasteiger partial charge in [-0.1, -0.05) is 20.3 Å². The van der Waals surface area contributed by atoms with Crippen molar-refractivity contribution in [2.75, 3.05) is 13.1 Å². The van der Waals surface area contributed by atoms with Crippen LogP contribution in [0.25, 0.3) is 0 Å². The van der Waals surface area contributed by atoms with Crippen molar-refractivity contribution >= 4 is 5.91 Å². The van der Waals surface area contributed by atoms with Crippen molar-refractivity contribution in [3.63, 3.8) is 0 Å². The van der Waals surface area contributed by atoms with Crippen LogP contribution < -0.4 is 5.32 Å². The molecule has 2 aliphatic carbocycles. The third-order valence-electron chi connectivity index (χ3n) is 4.81.